The highest BCUT2D eigenvalue weighted by molar-refractivity contribution is 9.09. The monoisotopic (exact) mass is 220 g/mol. The predicted molar refractivity (Wildman–Crippen MR) is 51.2 cm³/mol. The third-order valence-electron chi connectivity index (χ3n) is 2.12. The Hall–Kier alpha value is 0.440. The van der Waals surface area contributed by atoms with E-state index < -0.39 is 0 Å². The van der Waals surface area contributed by atoms with Crippen molar-refractivity contribution in [1.29, 1.82) is 0 Å². The summed E-state index contributed by atoms with van der Waals surface area (Å²) in [7, 11) is 0. The minimum Gasteiger partial charge on any atom is -0.378 e. The van der Waals surface area contributed by atoms with Crippen LogP contribution in [0.3, 0.4) is 0 Å². The fourth-order valence-corrected chi connectivity index (χ4v) is 1.08. The van der Waals surface area contributed by atoms with Gasteiger partial charge in [-0.25, -0.2) is 0 Å². The average molecular weight is 221 g/mol. The van der Waals surface area contributed by atoms with E-state index in [1.807, 2.05) is 0 Å². The molecule has 1 rings (SSSR count). The van der Waals surface area contributed by atoms with Crippen LogP contribution < -0.4 is 0 Å². The molecule has 0 aromatic carbocycles. The molecule has 1 fully saturated rings. The summed E-state index contributed by atoms with van der Waals surface area (Å²) in [4.78, 5) is 0. The Kier molecular flexibility index (Phi) is 3.38. The highest BCUT2D eigenvalue weighted by Gasteiger charge is 2.22. The Morgan fingerprint density at radius 2 is 2.09 bits per heavy atom. The van der Waals surface area contributed by atoms with Gasteiger partial charge < -0.3 is 4.74 Å². The second-order valence-electron chi connectivity index (χ2n) is 4.16. The quantitative estimate of drug-likeness (QED) is 0.663. The van der Waals surface area contributed by atoms with Gasteiger partial charge in [-0.2, -0.15) is 0 Å². The van der Waals surface area contributed by atoms with Gasteiger partial charge in [-0.05, 0) is 24.7 Å². The lowest BCUT2D eigenvalue weighted by Crippen LogP contribution is -2.29. The zero-order valence-electron chi connectivity index (χ0n) is 7.40. The SMILES string of the molecule is CC(C)(CBr)COC1CCC1. The van der Waals surface area contributed by atoms with Crippen molar-refractivity contribution >= 4 is 15.9 Å². The molecular formula is C9H17BrO. The Labute approximate surface area is 77.6 Å². The summed E-state index contributed by atoms with van der Waals surface area (Å²) in [5.41, 5.74) is 0.301. The van der Waals surface area contributed by atoms with Crippen LogP contribution in [0.15, 0.2) is 0 Å². The van der Waals surface area contributed by atoms with E-state index in [1.165, 1.54) is 19.3 Å². The number of alkyl halides is 1. The standard InChI is InChI=1S/C9H17BrO/c1-9(2,6-10)7-11-8-4-3-5-8/h8H,3-7H2,1-2H3. The first-order valence-corrected chi connectivity index (χ1v) is 5.44. The third kappa shape index (κ3) is 3.12. The smallest absolute Gasteiger partial charge is 0.0575 e. The van der Waals surface area contributed by atoms with E-state index >= 15 is 0 Å². The van der Waals surface area contributed by atoms with Crippen LogP contribution in [-0.4, -0.2) is 18.0 Å². The van der Waals surface area contributed by atoms with Crippen LogP contribution in [0, 0.1) is 5.41 Å². The van der Waals surface area contributed by atoms with Crippen molar-refractivity contribution in [2.75, 3.05) is 11.9 Å². The molecule has 0 heterocycles. The van der Waals surface area contributed by atoms with Crippen LogP contribution in [0.4, 0.5) is 0 Å². The Bertz CT molecular complexity index is 119. The van der Waals surface area contributed by atoms with E-state index in [0.717, 1.165) is 11.9 Å². The first kappa shape index (κ1) is 9.53. The minimum absolute atomic E-state index is 0.301. The van der Waals surface area contributed by atoms with Crippen molar-refractivity contribution in [2.45, 2.75) is 39.2 Å². The van der Waals surface area contributed by atoms with Gasteiger partial charge in [0.1, 0.15) is 0 Å². The normalized spacial score (nSPS) is 19.9. The molecule has 1 nitrogen and oxygen atoms in total. The second kappa shape index (κ2) is 3.90. The first-order chi connectivity index (χ1) is 5.14. The maximum Gasteiger partial charge on any atom is 0.0575 e. The summed E-state index contributed by atoms with van der Waals surface area (Å²) in [5, 5.41) is 1.02. The Morgan fingerprint density at radius 1 is 1.45 bits per heavy atom. The molecule has 2 heteroatoms. The van der Waals surface area contributed by atoms with Crippen LogP contribution in [0.2, 0.25) is 0 Å². The van der Waals surface area contributed by atoms with Gasteiger partial charge in [0, 0.05) is 5.33 Å². The van der Waals surface area contributed by atoms with Crippen molar-refractivity contribution in [3.63, 3.8) is 0 Å². The highest BCUT2D eigenvalue weighted by atomic mass is 79.9. The largest absolute Gasteiger partial charge is 0.378 e. The molecule has 0 amide bonds. The van der Waals surface area contributed by atoms with Crippen molar-refractivity contribution in [2.24, 2.45) is 5.41 Å². The summed E-state index contributed by atoms with van der Waals surface area (Å²) in [5.74, 6) is 0. The lowest BCUT2D eigenvalue weighted by Gasteiger charge is -2.30. The number of hydrogen-bond acceptors (Lipinski definition) is 1. The fraction of sp³-hybridized carbons (Fsp3) is 1.00. The second-order valence-corrected chi connectivity index (χ2v) is 4.72. The topological polar surface area (TPSA) is 9.23 Å². The minimum atomic E-state index is 0.301. The molecule has 0 radical (unpaired) electrons. The number of halogens is 1. The van der Waals surface area contributed by atoms with Gasteiger partial charge in [-0.3, -0.25) is 0 Å². The van der Waals surface area contributed by atoms with Gasteiger partial charge in [-0.15, -0.1) is 0 Å². The molecule has 1 saturated carbocycles. The molecule has 0 aromatic heterocycles. The molecule has 1 aliphatic carbocycles. The van der Waals surface area contributed by atoms with Gasteiger partial charge in [-0.1, -0.05) is 29.8 Å². The molecule has 0 unspecified atom stereocenters. The van der Waals surface area contributed by atoms with Gasteiger partial charge in [0.15, 0.2) is 0 Å². The summed E-state index contributed by atoms with van der Waals surface area (Å²) in [6.45, 7) is 5.34. The maximum atomic E-state index is 5.70. The molecule has 0 aliphatic heterocycles. The van der Waals surface area contributed by atoms with Crippen LogP contribution in [0.5, 0.6) is 0 Å². The van der Waals surface area contributed by atoms with Gasteiger partial charge in [0.2, 0.25) is 0 Å². The number of hydrogen-bond donors (Lipinski definition) is 0. The molecule has 1 aliphatic rings. The van der Waals surface area contributed by atoms with Crippen molar-refractivity contribution in [3.8, 4) is 0 Å². The molecule has 0 saturated heterocycles. The zero-order chi connectivity index (χ0) is 8.32. The lowest BCUT2D eigenvalue weighted by molar-refractivity contribution is -0.0296. The lowest BCUT2D eigenvalue weighted by atomic mass is 9.94. The summed E-state index contributed by atoms with van der Waals surface area (Å²) >= 11 is 3.48. The van der Waals surface area contributed by atoms with Gasteiger partial charge in [0.05, 0.1) is 12.7 Å². The van der Waals surface area contributed by atoms with Gasteiger partial charge in [0.25, 0.3) is 0 Å². The van der Waals surface area contributed by atoms with Crippen molar-refractivity contribution in [3.05, 3.63) is 0 Å². The molecule has 0 spiro atoms. The molecule has 11 heavy (non-hydrogen) atoms. The Balaban J connectivity index is 2.09. The average Bonchev–Trinajstić information content (AvgIpc) is 1.84. The van der Waals surface area contributed by atoms with E-state index in [-0.39, 0.29) is 0 Å². The molecule has 0 bridgehead atoms. The van der Waals surface area contributed by atoms with Gasteiger partial charge >= 0.3 is 0 Å². The van der Waals surface area contributed by atoms with E-state index in [4.69, 9.17) is 4.74 Å². The maximum absolute atomic E-state index is 5.70. The number of rotatable bonds is 4. The van der Waals surface area contributed by atoms with E-state index in [1.54, 1.807) is 0 Å². The summed E-state index contributed by atoms with van der Waals surface area (Å²) in [6.07, 6.45) is 4.49. The van der Waals surface area contributed by atoms with Crippen LogP contribution in [0.1, 0.15) is 33.1 Å². The Morgan fingerprint density at radius 3 is 2.45 bits per heavy atom. The van der Waals surface area contributed by atoms with Crippen LogP contribution in [0.25, 0.3) is 0 Å². The third-order valence-corrected chi connectivity index (χ3v) is 3.64. The molecule has 0 atom stereocenters. The van der Waals surface area contributed by atoms with Crippen molar-refractivity contribution < 1.29 is 4.74 Å². The summed E-state index contributed by atoms with van der Waals surface area (Å²) < 4.78 is 5.70. The first-order valence-electron chi connectivity index (χ1n) is 4.32. The highest BCUT2D eigenvalue weighted by Crippen LogP contribution is 2.26. The van der Waals surface area contributed by atoms with Crippen molar-refractivity contribution in [1.82, 2.24) is 0 Å². The van der Waals surface area contributed by atoms with E-state index in [2.05, 4.69) is 29.8 Å². The zero-order valence-corrected chi connectivity index (χ0v) is 8.99. The van der Waals surface area contributed by atoms with E-state index in [0.29, 0.717) is 11.5 Å². The molecule has 66 valence electrons. The van der Waals surface area contributed by atoms with Crippen LogP contribution in [-0.2, 0) is 4.74 Å². The fourth-order valence-electron chi connectivity index (χ4n) is 0.919. The number of ether oxygens (including phenoxy) is 1. The molecular weight excluding hydrogens is 204 g/mol. The van der Waals surface area contributed by atoms with Crippen LogP contribution >= 0.6 is 15.9 Å². The molecule has 0 aromatic rings. The molecule has 0 N–H and O–H groups in total. The predicted octanol–water partition coefficient (Wildman–Crippen LogP) is 2.98. The summed E-state index contributed by atoms with van der Waals surface area (Å²) in [6, 6.07) is 0. The van der Waals surface area contributed by atoms with E-state index in [9.17, 15) is 0 Å².